The van der Waals surface area contributed by atoms with Gasteiger partial charge in [-0.1, -0.05) is 31.6 Å². The van der Waals surface area contributed by atoms with Gasteiger partial charge < -0.3 is 5.11 Å². The molecule has 0 saturated carbocycles. The van der Waals surface area contributed by atoms with E-state index in [0.717, 1.165) is 6.42 Å². The van der Waals surface area contributed by atoms with Crippen molar-refractivity contribution in [1.82, 2.24) is 0 Å². The Morgan fingerprint density at radius 3 is 2.45 bits per heavy atom. The molecule has 1 N–H and O–H groups in total. The minimum Gasteiger partial charge on any atom is -0.396 e. The second-order valence-corrected chi connectivity index (χ2v) is 9.07. The second kappa shape index (κ2) is 5.55. The summed E-state index contributed by atoms with van der Waals surface area (Å²) in [4.78, 5) is 0. The summed E-state index contributed by atoms with van der Waals surface area (Å²) in [6.45, 7) is 8.87. The molecule has 0 aliphatic rings. The molecule has 0 rings (SSSR count). The van der Waals surface area contributed by atoms with E-state index in [1.165, 1.54) is 18.5 Å². The predicted octanol–water partition coefficient (Wildman–Crippen LogP) is 2.65. The molecule has 2 heteroatoms. The van der Waals surface area contributed by atoms with Crippen LogP contribution in [0.5, 0.6) is 0 Å². The number of allylic oxidation sites excluding steroid dienone is 1. The van der Waals surface area contributed by atoms with Crippen LogP contribution in [-0.2, 0) is 0 Å². The van der Waals surface area contributed by atoms with E-state index in [0.29, 0.717) is 6.61 Å². The van der Waals surface area contributed by atoms with Gasteiger partial charge in [-0.15, -0.1) is 6.58 Å². The van der Waals surface area contributed by atoms with Crippen LogP contribution in [0.25, 0.3) is 0 Å². The Bertz CT molecular complexity index is 110. The lowest BCUT2D eigenvalue weighted by atomic mass is 10.4. The van der Waals surface area contributed by atoms with Crippen LogP contribution in [0.2, 0.25) is 25.2 Å². The van der Waals surface area contributed by atoms with Crippen LogP contribution in [-0.4, -0.2) is 19.8 Å². The van der Waals surface area contributed by atoms with Crippen molar-refractivity contribution >= 4 is 8.07 Å². The van der Waals surface area contributed by atoms with Gasteiger partial charge in [-0.05, 0) is 12.5 Å². The Labute approximate surface area is 71.1 Å². The van der Waals surface area contributed by atoms with E-state index in [1.807, 2.05) is 6.08 Å². The van der Waals surface area contributed by atoms with Crippen molar-refractivity contribution in [3.63, 3.8) is 0 Å². The van der Waals surface area contributed by atoms with E-state index in [4.69, 9.17) is 5.11 Å². The summed E-state index contributed by atoms with van der Waals surface area (Å²) in [6.07, 6.45) is 4.18. The zero-order valence-corrected chi connectivity index (χ0v) is 8.77. The molecule has 0 unspecified atom stereocenters. The molecule has 66 valence electrons. The highest BCUT2D eigenvalue weighted by atomic mass is 28.3. The van der Waals surface area contributed by atoms with E-state index in [9.17, 15) is 0 Å². The zero-order valence-electron chi connectivity index (χ0n) is 7.77. The Hall–Kier alpha value is -0.0831. The van der Waals surface area contributed by atoms with Gasteiger partial charge in [0.2, 0.25) is 0 Å². The first-order valence-corrected chi connectivity index (χ1v) is 7.75. The maximum atomic E-state index is 8.59. The molecule has 0 amide bonds. The lowest BCUT2D eigenvalue weighted by molar-refractivity contribution is 0.287. The summed E-state index contributed by atoms with van der Waals surface area (Å²) < 4.78 is 0. The Morgan fingerprint density at radius 1 is 1.36 bits per heavy atom. The first-order valence-electron chi connectivity index (χ1n) is 4.34. The van der Waals surface area contributed by atoms with E-state index in [-0.39, 0.29) is 0 Å². The summed E-state index contributed by atoms with van der Waals surface area (Å²) in [5, 5.41) is 8.59. The fourth-order valence-electron chi connectivity index (χ4n) is 1.21. The maximum absolute atomic E-state index is 8.59. The van der Waals surface area contributed by atoms with Gasteiger partial charge in [0.15, 0.2) is 0 Å². The van der Waals surface area contributed by atoms with Gasteiger partial charge in [-0.25, -0.2) is 0 Å². The molecule has 0 aliphatic heterocycles. The molecule has 0 bridgehead atoms. The maximum Gasteiger partial charge on any atom is 0.0511 e. The largest absolute Gasteiger partial charge is 0.396 e. The van der Waals surface area contributed by atoms with Gasteiger partial charge in [0.25, 0.3) is 0 Å². The Kier molecular flexibility index (Phi) is 5.51. The summed E-state index contributed by atoms with van der Waals surface area (Å²) in [5.41, 5.74) is 0. The molecular formula is C9H20OSi. The number of aliphatic hydroxyl groups is 1. The smallest absolute Gasteiger partial charge is 0.0511 e. The quantitative estimate of drug-likeness (QED) is 0.371. The molecule has 0 atom stereocenters. The SMILES string of the molecule is C=CC[Si](C)(C)CCCCO. The van der Waals surface area contributed by atoms with Crippen LogP contribution < -0.4 is 0 Å². The average Bonchev–Trinajstić information content (AvgIpc) is 1.87. The summed E-state index contributed by atoms with van der Waals surface area (Å²) in [7, 11) is -0.970. The molecule has 0 aromatic heterocycles. The Morgan fingerprint density at radius 2 is 2.00 bits per heavy atom. The average molecular weight is 172 g/mol. The molecule has 0 saturated heterocycles. The first-order chi connectivity index (χ1) is 5.12. The fraction of sp³-hybridized carbons (Fsp3) is 0.778. The molecular weight excluding hydrogens is 152 g/mol. The van der Waals surface area contributed by atoms with Crippen LogP contribution in [0.3, 0.4) is 0 Å². The summed E-state index contributed by atoms with van der Waals surface area (Å²) >= 11 is 0. The highest BCUT2D eigenvalue weighted by Gasteiger charge is 2.17. The molecule has 11 heavy (non-hydrogen) atoms. The lowest BCUT2D eigenvalue weighted by Crippen LogP contribution is -2.23. The molecule has 1 nitrogen and oxygen atoms in total. The topological polar surface area (TPSA) is 20.2 Å². The van der Waals surface area contributed by atoms with E-state index in [1.54, 1.807) is 0 Å². The number of unbranched alkanes of at least 4 members (excludes halogenated alkanes) is 1. The fourth-order valence-corrected chi connectivity index (χ4v) is 3.40. The standard InChI is InChI=1S/C9H20OSi/c1-4-8-11(2,3)9-6-5-7-10/h4,10H,1,5-9H2,2-3H3. The monoisotopic (exact) mass is 172 g/mol. The van der Waals surface area contributed by atoms with Gasteiger partial charge in [-0.2, -0.15) is 0 Å². The third kappa shape index (κ3) is 6.32. The molecule has 0 aromatic carbocycles. The van der Waals surface area contributed by atoms with Crippen molar-refractivity contribution in [2.45, 2.75) is 38.0 Å². The molecule has 0 radical (unpaired) electrons. The second-order valence-electron chi connectivity index (χ2n) is 3.84. The van der Waals surface area contributed by atoms with Gasteiger partial charge in [0, 0.05) is 6.61 Å². The number of hydrogen-bond acceptors (Lipinski definition) is 1. The number of aliphatic hydroxyl groups excluding tert-OH is 1. The number of hydrogen-bond donors (Lipinski definition) is 1. The Balaban J connectivity index is 3.45. The molecule has 0 aromatic rings. The van der Waals surface area contributed by atoms with Gasteiger partial charge in [0.1, 0.15) is 0 Å². The zero-order chi connectivity index (χ0) is 8.74. The predicted molar refractivity (Wildman–Crippen MR) is 53.6 cm³/mol. The van der Waals surface area contributed by atoms with E-state index < -0.39 is 8.07 Å². The number of rotatable bonds is 6. The van der Waals surface area contributed by atoms with Gasteiger partial charge >= 0.3 is 0 Å². The minimum absolute atomic E-state index is 0.346. The minimum atomic E-state index is -0.970. The van der Waals surface area contributed by atoms with Crippen molar-refractivity contribution in [3.8, 4) is 0 Å². The van der Waals surface area contributed by atoms with Crippen LogP contribution >= 0.6 is 0 Å². The third-order valence-electron chi connectivity index (χ3n) is 1.96. The van der Waals surface area contributed by atoms with Crippen LogP contribution in [0, 0.1) is 0 Å². The van der Waals surface area contributed by atoms with Crippen molar-refractivity contribution in [3.05, 3.63) is 12.7 Å². The normalized spacial score (nSPS) is 11.5. The van der Waals surface area contributed by atoms with Crippen LogP contribution in [0.4, 0.5) is 0 Å². The molecule has 0 spiro atoms. The van der Waals surface area contributed by atoms with Gasteiger partial charge in [-0.3, -0.25) is 0 Å². The highest BCUT2D eigenvalue weighted by molar-refractivity contribution is 6.77. The lowest BCUT2D eigenvalue weighted by Gasteiger charge is -2.19. The third-order valence-corrected chi connectivity index (χ3v) is 5.06. The summed E-state index contributed by atoms with van der Waals surface area (Å²) in [6, 6.07) is 2.53. The first kappa shape index (κ1) is 10.9. The van der Waals surface area contributed by atoms with E-state index >= 15 is 0 Å². The van der Waals surface area contributed by atoms with E-state index in [2.05, 4.69) is 19.7 Å². The highest BCUT2D eigenvalue weighted by Crippen LogP contribution is 2.18. The molecule has 0 aliphatic carbocycles. The summed E-state index contributed by atoms with van der Waals surface area (Å²) in [5.74, 6) is 0. The van der Waals surface area contributed by atoms with Crippen LogP contribution in [0.15, 0.2) is 12.7 Å². The van der Waals surface area contributed by atoms with Crippen molar-refractivity contribution in [2.75, 3.05) is 6.61 Å². The van der Waals surface area contributed by atoms with Gasteiger partial charge in [0.05, 0.1) is 8.07 Å². The molecule has 0 fully saturated rings. The van der Waals surface area contributed by atoms with Crippen LogP contribution in [0.1, 0.15) is 12.8 Å². The van der Waals surface area contributed by atoms with Crippen molar-refractivity contribution < 1.29 is 5.11 Å². The van der Waals surface area contributed by atoms with Crippen molar-refractivity contribution in [1.29, 1.82) is 0 Å². The molecule has 0 heterocycles. The van der Waals surface area contributed by atoms with Crippen molar-refractivity contribution in [2.24, 2.45) is 0 Å².